The number of aliphatic hydroxyl groups is 1. The smallest absolute Gasteiger partial charge is 0.161 e. The highest BCUT2D eigenvalue weighted by Crippen LogP contribution is 2.35. The van der Waals surface area contributed by atoms with Crippen molar-refractivity contribution in [2.75, 3.05) is 33.9 Å². The Kier molecular flexibility index (Phi) is 6.53. The number of hydrogen-bond acceptors (Lipinski definition) is 4. The van der Waals surface area contributed by atoms with Gasteiger partial charge < -0.3 is 14.6 Å². The first-order valence-corrected chi connectivity index (χ1v) is 9.36. The van der Waals surface area contributed by atoms with Gasteiger partial charge >= 0.3 is 0 Å². The number of likely N-dealkylation sites (tertiary alicyclic amines) is 1. The van der Waals surface area contributed by atoms with Crippen molar-refractivity contribution in [3.8, 4) is 11.5 Å². The van der Waals surface area contributed by atoms with Crippen LogP contribution in [-0.2, 0) is 6.42 Å². The number of hydrogen-bond donors (Lipinski definition) is 1. The minimum atomic E-state index is 0.289. The predicted octanol–water partition coefficient (Wildman–Crippen LogP) is 3.69. The average molecular weight is 355 g/mol. The van der Waals surface area contributed by atoms with Crippen LogP contribution in [0, 0.1) is 5.92 Å². The molecule has 4 nitrogen and oxygen atoms in total. The Labute approximate surface area is 156 Å². The van der Waals surface area contributed by atoms with Gasteiger partial charge in [-0.05, 0) is 61.5 Å². The Bertz CT molecular complexity index is 681. The molecule has 0 bridgehead atoms. The number of piperidine rings is 1. The molecule has 140 valence electrons. The van der Waals surface area contributed by atoms with Crippen LogP contribution in [0.3, 0.4) is 0 Å². The van der Waals surface area contributed by atoms with Crippen LogP contribution in [0.15, 0.2) is 48.5 Å². The Balaban J connectivity index is 1.87. The average Bonchev–Trinajstić information content (AvgIpc) is 2.72. The maximum Gasteiger partial charge on any atom is 0.161 e. The quantitative estimate of drug-likeness (QED) is 0.822. The summed E-state index contributed by atoms with van der Waals surface area (Å²) in [4.78, 5) is 2.54. The van der Waals surface area contributed by atoms with Gasteiger partial charge in [0.25, 0.3) is 0 Å². The van der Waals surface area contributed by atoms with E-state index in [1.807, 2.05) is 6.07 Å². The van der Waals surface area contributed by atoms with Crippen LogP contribution in [0.25, 0.3) is 0 Å². The first-order chi connectivity index (χ1) is 12.7. The normalized spacial score (nSPS) is 17.0. The second kappa shape index (κ2) is 9.06. The van der Waals surface area contributed by atoms with Crippen LogP contribution in [0.1, 0.15) is 30.0 Å². The first-order valence-electron chi connectivity index (χ1n) is 9.36. The van der Waals surface area contributed by atoms with Gasteiger partial charge in [-0.3, -0.25) is 4.90 Å². The van der Waals surface area contributed by atoms with E-state index in [0.29, 0.717) is 12.5 Å². The predicted molar refractivity (Wildman–Crippen MR) is 104 cm³/mol. The van der Waals surface area contributed by atoms with Gasteiger partial charge in [-0.15, -0.1) is 0 Å². The van der Waals surface area contributed by atoms with Gasteiger partial charge in [-0.25, -0.2) is 0 Å². The van der Waals surface area contributed by atoms with Gasteiger partial charge in [0, 0.05) is 12.6 Å². The summed E-state index contributed by atoms with van der Waals surface area (Å²) in [5.41, 5.74) is 2.57. The lowest BCUT2D eigenvalue weighted by atomic mass is 9.92. The lowest BCUT2D eigenvalue weighted by Gasteiger charge is -2.37. The van der Waals surface area contributed by atoms with Crippen molar-refractivity contribution in [3.63, 3.8) is 0 Å². The fourth-order valence-corrected chi connectivity index (χ4v) is 3.80. The topological polar surface area (TPSA) is 41.9 Å². The molecule has 1 aliphatic rings. The molecule has 2 aromatic carbocycles. The number of aliphatic hydroxyl groups excluding tert-OH is 1. The van der Waals surface area contributed by atoms with Crippen LogP contribution in [-0.4, -0.2) is 43.9 Å². The monoisotopic (exact) mass is 355 g/mol. The molecule has 0 amide bonds. The van der Waals surface area contributed by atoms with Crippen molar-refractivity contribution in [2.45, 2.75) is 25.3 Å². The molecule has 2 aromatic rings. The maximum atomic E-state index is 9.45. The third kappa shape index (κ3) is 4.37. The molecule has 0 saturated carbocycles. The minimum absolute atomic E-state index is 0.289. The molecule has 1 aliphatic heterocycles. The van der Waals surface area contributed by atoms with Crippen LogP contribution < -0.4 is 9.47 Å². The molecule has 1 unspecified atom stereocenters. The molecule has 3 rings (SSSR count). The van der Waals surface area contributed by atoms with Gasteiger partial charge in [0.05, 0.1) is 14.2 Å². The van der Waals surface area contributed by atoms with E-state index in [2.05, 4.69) is 47.4 Å². The molecule has 1 saturated heterocycles. The van der Waals surface area contributed by atoms with Crippen LogP contribution in [0.4, 0.5) is 0 Å². The highest BCUT2D eigenvalue weighted by Gasteiger charge is 2.26. The van der Waals surface area contributed by atoms with E-state index >= 15 is 0 Å². The molecule has 0 aromatic heterocycles. The Morgan fingerprint density at radius 1 is 1.00 bits per heavy atom. The Morgan fingerprint density at radius 3 is 2.31 bits per heavy atom. The highest BCUT2D eigenvalue weighted by molar-refractivity contribution is 5.44. The molecule has 1 N–H and O–H groups in total. The molecule has 1 heterocycles. The fourth-order valence-electron chi connectivity index (χ4n) is 3.80. The van der Waals surface area contributed by atoms with Crippen LogP contribution >= 0.6 is 0 Å². The summed E-state index contributed by atoms with van der Waals surface area (Å²) in [5.74, 6) is 1.97. The minimum Gasteiger partial charge on any atom is -0.493 e. The van der Waals surface area contributed by atoms with E-state index in [4.69, 9.17) is 9.47 Å². The SMILES string of the molecule is COc1ccc(C(Cc2ccccc2)N2CCC(CO)CC2)cc1OC. The van der Waals surface area contributed by atoms with E-state index in [1.54, 1.807) is 14.2 Å². The first kappa shape index (κ1) is 18.7. The van der Waals surface area contributed by atoms with Crippen molar-refractivity contribution in [1.82, 2.24) is 4.90 Å². The number of ether oxygens (including phenoxy) is 2. The summed E-state index contributed by atoms with van der Waals surface area (Å²) < 4.78 is 10.9. The fraction of sp³-hybridized carbons (Fsp3) is 0.455. The van der Waals surface area contributed by atoms with E-state index in [-0.39, 0.29) is 6.04 Å². The van der Waals surface area contributed by atoms with Gasteiger partial charge in [0.2, 0.25) is 0 Å². The zero-order valence-corrected chi connectivity index (χ0v) is 15.7. The molecule has 1 fully saturated rings. The lowest BCUT2D eigenvalue weighted by Crippen LogP contribution is -2.38. The van der Waals surface area contributed by atoms with Gasteiger partial charge in [0.1, 0.15) is 0 Å². The maximum absolute atomic E-state index is 9.45. The van der Waals surface area contributed by atoms with Crippen molar-refractivity contribution in [3.05, 3.63) is 59.7 Å². The van der Waals surface area contributed by atoms with E-state index in [1.165, 1.54) is 11.1 Å². The zero-order chi connectivity index (χ0) is 18.4. The second-order valence-electron chi connectivity index (χ2n) is 6.98. The molecular formula is C22H29NO3. The molecule has 1 atom stereocenters. The Morgan fingerprint density at radius 2 is 1.69 bits per heavy atom. The third-order valence-electron chi connectivity index (χ3n) is 5.41. The summed E-state index contributed by atoms with van der Waals surface area (Å²) in [6.45, 7) is 2.32. The molecular weight excluding hydrogens is 326 g/mol. The van der Waals surface area contributed by atoms with Crippen molar-refractivity contribution in [2.24, 2.45) is 5.92 Å². The summed E-state index contributed by atoms with van der Waals surface area (Å²) in [6.07, 6.45) is 3.06. The van der Waals surface area contributed by atoms with Gasteiger partial charge in [0.15, 0.2) is 11.5 Å². The Hall–Kier alpha value is -2.04. The van der Waals surface area contributed by atoms with Crippen molar-refractivity contribution >= 4 is 0 Å². The highest BCUT2D eigenvalue weighted by atomic mass is 16.5. The molecule has 0 spiro atoms. The van der Waals surface area contributed by atoms with Crippen molar-refractivity contribution < 1.29 is 14.6 Å². The van der Waals surface area contributed by atoms with Crippen LogP contribution in [0.5, 0.6) is 11.5 Å². The third-order valence-corrected chi connectivity index (χ3v) is 5.41. The van der Waals surface area contributed by atoms with E-state index < -0.39 is 0 Å². The van der Waals surface area contributed by atoms with Crippen molar-refractivity contribution in [1.29, 1.82) is 0 Å². The van der Waals surface area contributed by atoms with Gasteiger partial charge in [-0.2, -0.15) is 0 Å². The molecule has 4 heteroatoms. The van der Waals surface area contributed by atoms with Gasteiger partial charge in [-0.1, -0.05) is 36.4 Å². The molecule has 0 aliphatic carbocycles. The molecule has 0 radical (unpaired) electrons. The van der Waals surface area contributed by atoms with E-state index in [0.717, 1.165) is 43.9 Å². The summed E-state index contributed by atoms with van der Waals surface area (Å²) in [5, 5.41) is 9.45. The van der Waals surface area contributed by atoms with E-state index in [9.17, 15) is 5.11 Å². The zero-order valence-electron chi connectivity index (χ0n) is 15.7. The molecule has 26 heavy (non-hydrogen) atoms. The number of nitrogens with zero attached hydrogens (tertiary/aromatic N) is 1. The number of rotatable bonds is 7. The number of methoxy groups -OCH3 is 2. The lowest BCUT2D eigenvalue weighted by molar-refractivity contribution is 0.0994. The summed E-state index contributed by atoms with van der Waals surface area (Å²) in [6, 6.07) is 17.2. The summed E-state index contributed by atoms with van der Waals surface area (Å²) in [7, 11) is 3.35. The summed E-state index contributed by atoms with van der Waals surface area (Å²) >= 11 is 0. The van der Waals surface area contributed by atoms with Crippen LogP contribution in [0.2, 0.25) is 0 Å². The second-order valence-corrected chi connectivity index (χ2v) is 6.98. The standard InChI is InChI=1S/C22H29NO3/c1-25-21-9-8-19(15-22(21)26-2)20(14-17-6-4-3-5-7-17)23-12-10-18(16-24)11-13-23/h3-9,15,18,20,24H,10-14,16H2,1-2H3. The number of benzene rings is 2. The largest absolute Gasteiger partial charge is 0.493 e.